The fourth-order valence-electron chi connectivity index (χ4n) is 1.89. The van der Waals surface area contributed by atoms with Crippen molar-refractivity contribution < 1.29 is 9.53 Å². The Labute approximate surface area is 128 Å². The van der Waals surface area contributed by atoms with Gasteiger partial charge in [0.15, 0.2) is 0 Å². The molecule has 0 saturated heterocycles. The molecular weight excluding hydrogens is 282 g/mol. The van der Waals surface area contributed by atoms with Gasteiger partial charge >= 0.3 is 0 Å². The average Bonchev–Trinajstić information content (AvgIpc) is 2.52. The molecule has 0 atom stereocenters. The maximum Gasteiger partial charge on any atom is 0.270 e. The van der Waals surface area contributed by atoms with E-state index in [1.807, 2.05) is 29.7 Å². The Bertz CT molecular complexity index is 705. The van der Waals surface area contributed by atoms with E-state index in [0.717, 1.165) is 11.3 Å². The number of aromatic amines is 1. The highest BCUT2D eigenvalue weighted by molar-refractivity contribution is 5.93. The molecule has 2 rings (SSSR count). The lowest BCUT2D eigenvalue weighted by atomic mass is 10.1. The van der Waals surface area contributed by atoms with Gasteiger partial charge in [-0.3, -0.25) is 15.0 Å². The number of hydrogen-bond acceptors (Lipinski definition) is 4. The van der Waals surface area contributed by atoms with Crippen LogP contribution in [0.4, 0.5) is 0 Å². The van der Waals surface area contributed by atoms with Crippen LogP contribution in [0.15, 0.2) is 41.2 Å². The van der Waals surface area contributed by atoms with Crippen molar-refractivity contribution in [2.75, 3.05) is 6.61 Å². The number of aromatic nitrogens is 1. The topological polar surface area (TPSA) is 97.2 Å². The van der Waals surface area contributed by atoms with Crippen molar-refractivity contribution in [1.82, 2.24) is 10.4 Å². The lowest BCUT2D eigenvalue weighted by Gasteiger charge is -2.09. The number of rotatable bonds is 5. The highest BCUT2D eigenvalue weighted by Gasteiger charge is 2.10. The van der Waals surface area contributed by atoms with Gasteiger partial charge in [0.05, 0.1) is 6.61 Å². The third-order valence-electron chi connectivity index (χ3n) is 3.03. The number of ether oxygens (including phenoxy) is 1. The average molecular weight is 301 g/mol. The Morgan fingerprint density at radius 3 is 2.45 bits per heavy atom. The number of nitrogen functional groups attached to an aromatic ring is 1. The number of H-pyrrole nitrogens is 1. The molecule has 116 valence electrons. The Balaban J connectivity index is 2.20. The zero-order valence-corrected chi connectivity index (χ0v) is 12.6. The molecule has 0 spiro atoms. The van der Waals surface area contributed by atoms with Crippen molar-refractivity contribution in [3.05, 3.63) is 52.3 Å². The molecule has 0 aliphatic heterocycles. The van der Waals surface area contributed by atoms with E-state index in [4.69, 9.17) is 10.6 Å². The molecule has 0 unspecified atom stereocenters. The molecule has 1 amide bonds. The summed E-state index contributed by atoms with van der Waals surface area (Å²) in [6.45, 7) is 4.81. The third kappa shape index (κ3) is 3.73. The summed E-state index contributed by atoms with van der Waals surface area (Å²) in [5, 5.41) is 0. The Morgan fingerprint density at radius 2 is 1.91 bits per heavy atom. The molecule has 6 heteroatoms. The van der Waals surface area contributed by atoms with Crippen LogP contribution < -0.4 is 21.6 Å². The second-order valence-electron chi connectivity index (χ2n) is 5.32. The molecule has 1 heterocycles. The first-order valence-electron chi connectivity index (χ1n) is 6.98. The fourth-order valence-corrected chi connectivity index (χ4v) is 1.89. The molecule has 2 aromatic rings. The second kappa shape index (κ2) is 6.91. The van der Waals surface area contributed by atoms with Gasteiger partial charge in [0.25, 0.3) is 11.5 Å². The molecule has 0 fully saturated rings. The van der Waals surface area contributed by atoms with Crippen LogP contribution in [0.3, 0.4) is 0 Å². The summed E-state index contributed by atoms with van der Waals surface area (Å²) >= 11 is 0. The number of pyridine rings is 1. The van der Waals surface area contributed by atoms with E-state index in [1.165, 1.54) is 6.07 Å². The van der Waals surface area contributed by atoms with Crippen molar-refractivity contribution in [2.24, 2.45) is 11.8 Å². The smallest absolute Gasteiger partial charge is 0.270 e. The molecule has 0 bridgehead atoms. The highest BCUT2D eigenvalue weighted by atomic mass is 16.5. The van der Waals surface area contributed by atoms with E-state index in [0.29, 0.717) is 18.2 Å². The van der Waals surface area contributed by atoms with Crippen LogP contribution in [0.1, 0.15) is 24.2 Å². The summed E-state index contributed by atoms with van der Waals surface area (Å²) in [5.74, 6) is 5.63. The van der Waals surface area contributed by atoms with E-state index >= 15 is 0 Å². The third-order valence-corrected chi connectivity index (χ3v) is 3.03. The van der Waals surface area contributed by atoms with Gasteiger partial charge in [-0.1, -0.05) is 13.8 Å². The summed E-state index contributed by atoms with van der Waals surface area (Å²) in [4.78, 5) is 25.9. The van der Waals surface area contributed by atoms with Gasteiger partial charge in [-0.15, -0.1) is 0 Å². The van der Waals surface area contributed by atoms with Crippen molar-refractivity contribution in [2.45, 2.75) is 13.8 Å². The number of carbonyl (C=O) groups is 1. The quantitative estimate of drug-likeness (QED) is 0.444. The van der Waals surface area contributed by atoms with Crippen LogP contribution in [0.25, 0.3) is 11.3 Å². The van der Waals surface area contributed by atoms with Crippen LogP contribution in [-0.4, -0.2) is 17.5 Å². The predicted molar refractivity (Wildman–Crippen MR) is 84.5 cm³/mol. The fraction of sp³-hybridized carbons (Fsp3) is 0.250. The maximum atomic E-state index is 11.9. The standard InChI is InChI=1S/C16H19N3O3/c1-10(2)9-22-12-5-3-11(4-6-12)14-8-7-13(15(20)18-14)16(21)19-17/h3-8,10H,9,17H2,1-2H3,(H,18,20)(H,19,21). The highest BCUT2D eigenvalue weighted by Crippen LogP contribution is 2.20. The molecule has 22 heavy (non-hydrogen) atoms. The zero-order valence-electron chi connectivity index (χ0n) is 12.6. The van der Waals surface area contributed by atoms with Gasteiger partial charge in [-0.05, 0) is 47.9 Å². The lowest BCUT2D eigenvalue weighted by Crippen LogP contribution is -2.34. The minimum atomic E-state index is -0.620. The first-order valence-corrected chi connectivity index (χ1v) is 6.98. The number of hydrogen-bond donors (Lipinski definition) is 3. The largest absolute Gasteiger partial charge is 0.493 e. The number of carbonyl (C=O) groups excluding carboxylic acids is 1. The van der Waals surface area contributed by atoms with Crippen LogP contribution in [-0.2, 0) is 0 Å². The zero-order chi connectivity index (χ0) is 16.1. The number of amides is 1. The molecule has 0 radical (unpaired) electrons. The summed E-state index contributed by atoms with van der Waals surface area (Å²) in [6.07, 6.45) is 0. The summed E-state index contributed by atoms with van der Waals surface area (Å²) in [5.41, 5.74) is 2.87. The van der Waals surface area contributed by atoms with Crippen molar-refractivity contribution >= 4 is 5.91 Å². The van der Waals surface area contributed by atoms with Crippen LogP contribution in [0.2, 0.25) is 0 Å². The molecule has 0 aliphatic carbocycles. The van der Waals surface area contributed by atoms with E-state index in [1.54, 1.807) is 6.07 Å². The van der Waals surface area contributed by atoms with Gasteiger partial charge in [0.2, 0.25) is 0 Å². The predicted octanol–water partition coefficient (Wildman–Crippen LogP) is 1.68. The molecule has 0 saturated carbocycles. The van der Waals surface area contributed by atoms with E-state index < -0.39 is 11.5 Å². The van der Waals surface area contributed by atoms with Crippen molar-refractivity contribution in [1.29, 1.82) is 0 Å². The molecule has 6 nitrogen and oxygen atoms in total. The van der Waals surface area contributed by atoms with Gasteiger partial charge < -0.3 is 9.72 Å². The Morgan fingerprint density at radius 1 is 1.23 bits per heavy atom. The van der Waals surface area contributed by atoms with Crippen LogP contribution >= 0.6 is 0 Å². The molecule has 1 aromatic heterocycles. The van der Waals surface area contributed by atoms with Gasteiger partial charge in [-0.2, -0.15) is 0 Å². The van der Waals surface area contributed by atoms with Crippen LogP contribution in [0.5, 0.6) is 5.75 Å². The number of nitrogens with two attached hydrogens (primary N) is 1. The SMILES string of the molecule is CC(C)COc1ccc(-c2ccc(C(=O)NN)c(=O)[nH]2)cc1. The molecular formula is C16H19N3O3. The van der Waals surface area contributed by atoms with E-state index in [-0.39, 0.29) is 5.56 Å². The maximum absolute atomic E-state index is 11.9. The van der Waals surface area contributed by atoms with E-state index in [9.17, 15) is 9.59 Å². The van der Waals surface area contributed by atoms with Gasteiger partial charge in [0.1, 0.15) is 11.3 Å². The summed E-state index contributed by atoms with van der Waals surface area (Å²) in [6, 6.07) is 10.5. The Kier molecular flexibility index (Phi) is 4.95. The minimum absolute atomic E-state index is 0.0249. The second-order valence-corrected chi connectivity index (χ2v) is 5.32. The normalized spacial score (nSPS) is 10.5. The first kappa shape index (κ1) is 15.8. The van der Waals surface area contributed by atoms with Crippen molar-refractivity contribution in [3.8, 4) is 17.0 Å². The molecule has 0 aliphatic rings. The minimum Gasteiger partial charge on any atom is -0.493 e. The number of nitrogens with one attached hydrogen (secondary N) is 2. The van der Waals surface area contributed by atoms with E-state index in [2.05, 4.69) is 18.8 Å². The van der Waals surface area contributed by atoms with Crippen LogP contribution in [0, 0.1) is 5.92 Å². The monoisotopic (exact) mass is 301 g/mol. The van der Waals surface area contributed by atoms with Gasteiger partial charge in [0, 0.05) is 5.69 Å². The number of hydrazine groups is 1. The Hall–Kier alpha value is -2.60. The summed E-state index contributed by atoms with van der Waals surface area (Å²) in [7, 11) is 0. The molecule has 1 aromatic carbocycles. The summed E-state index contributed by atoms with van der Waals surface area (Å²) < 4.78 is 5.61. The molecule has 4 N–H and O–H groups in total. The van der Waals surface area contributed by atoms with Gasteiger partial charge in [-0.25, -0.2) is 5.84 Å². The first-order chi connectivity index (χ1) is 10.5. The lowest BCUT2D eigenvalue weighted by molar-refractivity contribution is 0.0952. The number of benzene rings is 1. The van der Waals surface area contributed by atoms with Crippen molar-refractivity contribution in [3.63, 3.8) is 0 Å².